The summed E-state index contributed by atoms with van der Waals surface area (Å²) in [5, 5.41) is 16.3. The van der Waals surface area contributed by atoms with E-state index < -0.39 is 11.8 Å². The van der Waals surface area contributed by atoms with Crippen molar-refractivity contribution in [1.29, 1.82) is 0 Å². The third-order valence-corrected chi connectivity index (χ3v) is 5.34. The van der Waals surface area contributed by atoms with E-state index in [1.807, 2.05) is 25.1 Å². The molecule has 26 heavy (non-hydrogen) atoms. The summed E-state index contributed by atoms with van der Waals surface area (Å²) in [5.74, 6) is -0.885. The van der Waals surface area contributed by atoms with Crippen LogP contribution in [-0.4, -0.2) is 31.8 Å². The number of nitrogens with zero attached hydrogens (tertiary/aromatic N) is 3. The van der Waals surface area contributed by atoms with Gasteiger partial charge in [0, 0.05) is 18.4 Å². The zero-order chi connectivity index (χ0) is 18.7. The minimum Gasteiger partial charge on any atom is -0.321 e. The molecule has 0 bridgehead atoms. The molecule has 0 spiro atoms. The molecule has 2 heterocycles. The summed E-state index contributed by atoms with van der Waals surface area (Å²) < 4.78 is 2.62. The molecule has 0 atom stereocenters. The number of benzene rings is 1. The average Bonchev–Trinajstić information content (AvgIpc) is 3.19. The van der Waals surface area contributed by atoms with E-state index in [1.165, 1.54) is 0 Å². The largest absolute Gasteiger partial charge is 0.321 e. The van der Waals surface area contributed by atoms with Gasteiger partial charge in [0.25, 0.3) is 11.8 Å². The fourth-order valence-electron chi connectivity index (χ4n) is 2.19. The van der Waals surface area contributed by atoms with Crippen LogP contribution in [0.1, 0.15) is 27.9 Å². The van der Waals surface area contributed by atoms with Crippen LogP contribution < -0.4 is 10.6 Å². The highest BCUT2D eigenvalue weighted by Gasteiger charge is 2.22. The van der Waals surface area contributed by atoms with Gasteiger partial charge in [-0.25, -0.2) is 0 Å². The highest BCUT2D eigenvalue weighted by atomic mass is 79.9. The molecule has 0 aliphatic carbocycles. The van der Waals surface area contributed by atoms with Crippen molar-refractivity contribution in [3.63, 3.8) is 0 Å². The maximum atomic E-state index is 12.6. The molecule has 3 aromatic rings. The summed E-state index contributed by atoms with van der Waals surface area (Å²) in [7, 11) is 0. The SMILES string of the molecule is CCn1cc(NC(=O)c2n[nH]c(Br)c2Br)c(C(=O)Nc2ccccc2)n1. The minimum absolute atomic E-state index is 0.120. The van der Waals surface area contributed by atoms with E-state index in [-0.39, 0.29) is 11.4 Å². The lowest BCUT2D eigenvalue weighted by Gasteiger charge is -2.05. The first-order valence-electron chi connectivity index (χ1n) is 7.64. The van der Waals surface area contributed by atoms with E-state index in [2.05, 4.69) is 57.8 Å². The predicted octanol–water partition coefficient (Wildman–Crippen LogP) is 3.66. The molecular weight excluding hydrogens is 468 g/mol. The second kappa shape index (κ2) is 7.83. The number of anilines is 2. The molecule has 0 aliphatic rings. The lowest BCUT2D eigenvalue weighted by atomic mass is 10.3. The van der Waals surface area contributed by atoms with Gasteiger partial charge in [-0.15, -0.1) is 0 Å². The molecule has 0 fully saturated rings. The molecule has 3 rings (SSSR count). The van der Waals surface area contributed by atoms with E-state index in [0.29, 0.717) is 27.0 Å². The van der Waals surface area contributed by atoms with Gasteiger partial charge in [-0.3, -0.25) is 19.4 Å². The van der Waals surface area contributed by atoms with Crippen LogP contribution in [0, 0.1) is 0 Å². The quantitative estimate of drug-likeness (QED) is 0.517. The maximum Gasteiger partial charge on any atom is 0.278 e. The number of carbonyl (C=O) groups excluding carboxylic acids is 2. The Balaban J connectivity index is 1.85. The summed E-state index contributed by atoms with van der Waals surface area (Å²) in [4.78, 5) is 25.0. The second-order valence-corrected chi connectivity index (χ2v) is 6.81. The molecule has 10 heteroatoms. The molecule has 2 amide bonds. The normalized spacial score (nSPS) is 10.6. The number of nitrogens with one attached hydrogen (secondary N) is 3. The first-order chi connectivity index (χ1) is 12.5. The van der Waals surface area contributed by atoms with Gasteiger partial charge in [0.15, 0.2) is 11.4 Å². The minimum atomic E-state index is -0.469. The molecule has 0 aliphatic heterocycles. The van der Waals surface area contributed by atoms with Gasteiger partial charge in [0.2, 0.25) is 0 Å². The van der Waals surface area contributed by atoms with Crippen molar-refractivity contribution in [2.24, 2.45) is 0 Å². The number of aryl methyl sites for hydroxylation is 1. The van der Waals surface area contributed by atoms with Gasteiger partial charge < -0.3 is 10.6 Å². The van der Waals surface area contributed by atoms with E-state index in [4.69, 9.17) is 0 Å². The first kappa shape index (κ1) is 18.3. The number of aromatic nitrogens is 4. The maximum absolute atomic E-state index is 12.6. The fourth-order valence-corrected chi connectivity index (χ4v) is 2.83. The predicted molar refractivity (Wildman–Crippen MR) is 104 cm³/mol. The Morgan fingerprint density at radius 2 is 1.81 bits per heavy atom. The molecule has 0 radical (unpaired) electrons. The van der Waals surface area contributed by atoms with E-state index >= 15 is 0 Å². The molecule has 0 saturated carbocycles. The zero-order valence-electron chi connectivity index (χ0n) is 13.6. The number of halogens is 2. The summed E-state index contributed by atoms with van der Waals surface area (Å²) in [6.45, 7) is 2.44. The molecule has 134 valence electrons. The number of para-hydroxylation sites is 1. The number of rotatable bonds is 5. The molecule has 0 saturated heterocycles. The molecule has 3 N–H and O–H groups in total. The molecule has 0 unspecified atom stereocenters. The lowest BCUT2D eigenvalue weighted by molar-refractivity contribution is 0.102. The number of carbonyl (C=O) groups is 2. The number of amides is 2. The van der Waals surface area contributed by atoms with Crippen LogP contribution in [0.4, 0.5) is 11.4 Å². The summed E-state index contributed by atoms with van der Waals surface area (Å²) >= 11 is 6.51. The van der Waals surface area contributed by atoms with Crippen molar-refractivity contribution < 1.29 is 9.59 Å². The highest BCUT2D eigenvalue weighted by Crippen LogP contribution is 2.25. The van der Waals surface area contributed by atoms with Crippen molar-refractivity contribution >= 4 is 55.0 Å². The molecular formula is C16H14Br2N6O2. The van der Waals surface area contributed by atoms with Gasteiger partial charge in [-0.05, 0) is 50.9 Å². The number of hydrogen-bond acceptors (Lipinski definition) is 4. The standard InChI is InChI=1S/C16H14Br2N6O2/c1-2-24-8-10(20-16(26)13-11(17)14(18)22-21-13)12(23-24)15(25)19-9-6-4-3-5-7-9/h3-8H,2H2,1H3,(H,19,25)(H,20,26)(H,21,22). The Kier molecular flexibility index (Phi) is 5.52. The van der Waals surface area contributed by atoms with Crippen molar-refractivity contribution in [2.45, 2.75) is 13.5 Å². The van der Waals surface area contributed by atoms with Crippen LogP contribution in [-0.2, 0) is 6.54 Å². The third kappa shape index (κ3) is 3.86. The van der Waals surface area contributed by atoms with Crippen molar-refractivity contribution in [3.05, 3.63) is 57.0 Å². The third-order valence-electron chi connectivity index (χ3n) is 3.46. The monoisotopic (exact) mass is 480 g/mol. The van der Waals surface area contributed by atoms with Gasteiger partial charge >= 0.3 is 0 Å². The number of hydrogen-bond donors (Lipinski definition) is 3. The van der Waals surface area contributed by atoms with Crippen molar-refractivity contribution in [2.75, 3.05) is 10.6 Å². The van der Waals surface area contributed by atoms with Crippen LogP contribution in [0.15, 0.2) is 45.6 Å². The van der Waals surface area contributed by atoms with Crippen LogP contribution in [0.5, 0.6) is 0 Å². The molecule has 1 aromatic carbocycles. The topological polar surface area (TPSA) is 105 Å². The van der Waals surface area contributed by atoms with Gasteiger partial charge in [0.05, 0.1) is 10.2 Å². The van der Waals surface area contributed by atoms with Crippen molar-refractivity contribution in [3.8, 4) is 0 Å². The first-order valence-corrected chi connectivity index (χ1v) is 9.22. The van der Waals surface area contributed by atoms with Crippen LogP contribution in [0.3, 0.4) is 0 Å². The Morgan fingerprint density at radius 1 is 1.12 bits per heavy atom. The van der Waals surface area contributed by atoms with E-state index in [9.17, 15) is 9.59 Å². The number of aromatic amines is 1. The Morgan fingerprint density at radius 3 is 2.42 bits per heavy atom. The van der Waals surface area contributed by atoms with Crippen LogP contribution in [0.2, 0.25) is 0 Å². The van der Waals surface area contributed by atoms with Crippen molar-refractivity contribution in [1.82, 2.24) is 20.0 Å². The summed E-state index contributed by atoms with van der Waals surface area (Å²) in [6, 6.07) is 9.02. The summed E-state index contributed by atoms with van der Waals surface area (Å²) in [5.41, 5.74) is 1.22. The second-order valence-electron chi connectivity index (χ2n) is 5.22. The van der Waals surface area contributed by atoms with E-state index in [0.717, 1.165) is 0 Å². The molecule has 2 aromatic heterocycles. The van der Waals surface area contributed by atoms with Gasteiger partial charge in [0.1, 0.15) is 4.60 Å². The Labute approximate surface area is 165 Å². The Hall–Kier alpha value is -2.46. The van der Waals surface area contributed by atoms with Gasteiger partial charge in [-0.1, -0.05) is 18.2 Å². The smallest absolute Gasteiger partial charge is 0.278 e. The average molecular weight is 482 g/mol. The number of H-pyrrole nitrogens is 1. The van der Waals surface area contributed by atoms with Crippen LogP contribution in [0.25, 0.3) is 0 Å². The van der Waals surface area contributed by atoms with Crippen LogP contribution >= 0.6 is 31.9 Å². The zero-order valence-corrected chi connectivity index (χ0v) is 16.8. The van der Waals surface area contributed by atoms with Gasteiger partial charge in [-0.2, -0.15) is 10.2 Å². The lowest BCUT2D eigenvalue weighted by Crippen LogP contribution is -2.18. The van der Waals surface area contributed by atoms with E-state index in [1.54, 1.807) is 23.0 Å². The highest BCUT2D eigenvalue weighted by molar-refractivity contribution is 9.13. The fraction of sp³-hybridized carbons (Fsp3) is 0.125. The Bertz CT molecular complexity index is 951. The molecule has 8 nitrogen and oxygen atoms in total. The summed E-state index contributed by atoms with van der Waals surface area (Å²) in [6.07, 6.45) is 1.60.